The van der Waals surface area contributed by atoms with Crippen LogP contribution in [0.1, 0.15) is 5.56 Å². The van der Waals surface area contributed by atoms with Gasteiger partial charge in [0.25, 0.3) is 5.56 Å². The molecule has 0 atom stereocenters. The lowest BCUT2D eigenvalue weighted by molar-refractivity contribution is 0.617. The van der Waals surface area contributed by atoms with Gasteiger partial charge in [0.15, 0.2) is 5.16 Å². The Hall–Kier alpha value is -2.44. The first-order valence-corrected chi connectivity index (χ1v) is 9.91. The molecular formula is C20H15FN2OS2. The van der Waals surface area contributed by atoms with Gasteiger partial charge in [0.2, 0.25) is 0 Å². The molecule has 2 heterocycles. The number of halogens is 1. The third-order valence-electron chi connectivity index (χ3n) is 4.17. The van der Waals surface area contributed by atoms with Gasteiger partial charge in [0.05, 0.1) is 5.39 Å². The lowest BCUT2D eigenvalue weighted by Crippen LogP contribution is -2.19. The molecule has 6 heteroatoms. The van der Waals surface area contributed by atoms with E-state index in [1.807, 2.05) is 35.7 Å². The summed E-state index contributed by atoms with van der Waals surface area (Å²) in [5.41, 5.74) is 2.43. The summed E-state index contributed by atoms with van der Waals surface area (Å²) in [7, 11) is 1.71. The Morgan fingerprint density at radius 3 is 2.62 bits per heavy atom. The third-order valence-corrected chi connectivity index (χ3v) is 6.12. The topological polar surface area (TPSA) is 34.9 Å². The van der Waals surface area contributed by atoms with Gasteiger partial charge in [0.1, 0.15) is 10.6 Å². The minimum Gasteiger partial charge on any atom is -0.290 e. The van der Waals surface area contributed by atoms with Crippen molar-refractivity contribution in [1.29, 1.82) is 0 Å². The van der Waals surface area contributed by atoms with Crippen LogP contribution < -0.4 is 5.56 Å². The molecule has 0 spiro atoms. The van der Waals surface area contributed by atoms with E-state index in [4.69, 9.17) is 0 Å². The van der Waals surface area contributed by atoms with Crippen LogP contribution in [-0.2, 0) is 12.8 Å². The number of hydrogen-bond donors (Lipinski definition) is 0. The molecule has 4 aromatic rings. The highest BCUT2D eigenvalue weighted by Crippen LogP contribution is 2.32. The Bertz CT molecular complexity index is 1140. The zero-order valence-corrected chi connectivity index (χ0v) is 15.6. The maximum Gasteiger partial charge on any atom is 0.263 e. The van der Waals surface area contributed by atoms with Crippen LogP contribution in [-0.4, -0.2) is 9.55 Å². The zero-order chi connectivity index (χ0) is 18.1. The van der Waals surface area contributed by atoms with Crippen molar-refractivity contribution >= 4 is 33.3 Å². The average Bonchev–Trinajstić information content (AvgIpc) is 3.09. The van der Waals surface area contributed by atoms with Crippen LogP contribution in [0.5, 0.6) is 0 Å². The van der Waals surface area contributed by atoms with Crippen molar-refractivity contribution in [3.8, 4) is 11.1 Å². The Kier molecular flexibility index (Phi) is 4.61. The lowest BCUT2D eigenvalue weighted by atomic mass is 10.1. The zero-order valence-electron chi connectivity index (χ0n) is 14.0. The smallest absolute Gasteiger partial charge is 0.263 e. The standard InChI is InChI=1S/C20H15FN2OS2/c1-23-19(24)17-15(13-7-3-2-4-8-13)12-25-18(17)22-20(23)26-11-14-9-5-6-10-16(14)21/h2-10,12H,11H2,1H3. The number of thioether (sulfide) groups is 1. The molecule has 0 amide bonds. The van der Waals surface area contributed by atoms with E-state index in [0.717, 1.165) is 11.1 Å². The van der Waals surface area contributed by atoms with Gasteiger partial charge < -0.3 is 0 Å². The molecule has 0 fully saturated rings. The summed E-state index contributed by atoms with van der Waals surface area (Å²) in [5, 5.41) is 3.20. The summed E-state index contributed by atoms with van der Waals surface area (Å²) >= 11 is 2.83. The van der Waals surface area contributed by atoms with Crippen LogP contribution in [0, 0.1) is 5.82 Å². The van der Waals surface area contributed by atoms with Crippen molar-refractivity contribution in [2.75, 3.05) is 0 Å². The number of rotatable bonds is 4. The fourth-order valence-corrected chi connectivity index (χ4v) is 4.72. The molecule has 0 radical (unpaired) electrons. The normalized spacial score (nSPS) is 11.2. The quantitative estimate of drug-likeness (QED) is 0.364. The van der Waals surface area contributed by atoms with E-state index in [1.165, 1.54) is 29.2 Å². The van der Waals surface area contributed by atoms with E-state index in [2.05, 4.69) is 4.98 Å². The predicted molar refractivity (Wildman–Crippen MR) is 106 cm³/mol. The summed E-state index contributed by atoms with van der Waals surface area (Å²) in [6, 6.07) is 16.5. The van der Waals surface area contributed by atoms with E-state index in [-0.39, 0.29) is 11.4 Å². The molecule has 0 aliphatic rings. The maximum absolute atomic E-state index is 13.8. The number of thiophene rings is 1. The SMILES string of the molecule is Cn1c(SCc2ccccc2F)nc2scc(-c3ccccc3)c2c1=O. The summed E-state index contributed by atoms with van der Waals surface area (Å²) in [6.07, 6.45) is 0. The highest BCUT2D eigenvalue weighted by atomic mass is 32.2. The van der Waals surface area contributed by atoms with E-state index in [0.29, 0.717) is 26.7 Å². The van der Waals surface area contributed by atoms with Crippen molar-refractivity contribution in [2.24, 2.45) is 7.05 Å². The fraction of sp³-hybridized carbons (Fsp3) is 0.100. The average molecular weight is 382 g/mol. The van der Waals surface area contributed by atoms with Gasteiger partial charge in [-0.05, 0) is 17.2 Å². The van der Waals surface area contributed by atoms with Crippen LogP contribution >= 0.6 is 23.1 Å². The number of aromatic nitrogens is 2. The maximum atomic E-state index is 13.8. The number of benzene rings is 2. The van der Waals surface area contributed by atoms with Crippen molar-refractivity contribution in [3.63, 3.8) is 0 Å². The summed E-state index contributed by atoms with van der Waals surface area (Å²) < 4.78 is 15.4. The van der Waals surface area contributed by atoms with Crippen molar-refractivity contribution < 1.29 is 4.39 Å². The third kappa shape index (κ3) is 3.06. The molecule has 3 nitrogen and oxygen atoms in total. The molecule has 26 heavy (non-hydrogen) atoms. The van der Waals surface area contributed by atoms with Gasteiger partial charge in [-0.25, -0.2) is 9.37 Å². The van der Waals surface area contributed by atoms with E-state index in [1.54, 1.807) is 29.8 Å². The van der Waals surface area contributed by atoms with E-state index >= 15 is 0 Å². The van der Waals surface area contributed by atoms with Crippen molar-refractivity contribution in [3.05, 3.63) is 81.7 Å². The Balaban J connectivity index is 1.74. The van der Waals surface area contributed by atoms with Gasteiger partial charge in [-0.3, -0.25) is 9.36 Å². The molecule has 0 aliphatic carbocycles. The molecule has 0 saturated carbocycles. The van der Waals surface area contributed by atoms with Crippen LogP contribution in [0.15, 0.2) is 69.9 Å². The van der Waals surface area contributed by atoms with Gasteiger partial charge in [-0.1, -0.05) is 60.3 Å². The number of hydrogen-bond acceptors (Lipinski definition) is 4. The summed E-state index contributed by atoms with van der Waals surface area (Å²) in [6.45, 7) is 0. The summed E-state index contributed by atoms with van der Waals surface area (Å²) in [5.74, 6) is 0.184. The molecule has 2 aromatic heterocycles. The molecule has 2 aromatic carbocycles. The highest BCUT2D eigenvalue weighted by Gasteiger charge is 2.16. The minimum atomic E-state index is -0.242. The van der Waals surface area contributed by atoms with Crippen LogP contribution in [0.4, 0.5) is 4.39 Å². The summed E-state index contributed by atoms with van der Waals surface area (Å²) in [4.78, 5) is 18.3. The molecular weight excluding hydrogens is 367 g/mol. The first kappa shape index (κ1) is 17.0. The Morgan fingerprint density at radius 2 is 1.85 bits per heavy atom. The highest BCUT2D eigenvalue weighted by molar-refractivity contribution is 7.98. The Morgan fingerprint density at radius 1 is 1.12 bits per heavy atom. The van der Waals surface area contributed by atoms with Crippen molar-refractivity contribution in [1.82, 2.24) is 9.55 Å². The second kappa shape index (κ2) is 7.05. The molecule has 0 saturated heterocycles. The first-order chi connectivity index (χ1) is 12.6. The Labute approximate surface area is 158 Å². The number of fused-ring (bicyclic) bond motifs is 1. The molecule has 130 valence electrons. The molecule has 0 bridgehead atoms. The number of nitrogens with zero attached hydrogens (tertiary/aromatic N) is 2. The molecule has 0 N–H and O–H groups in total. The second-order valence-corrected chi connectivity index (χ2v) is 7.63. The molecule has 0 unspecified atom stereocenters. The first-order valence-electron chi connectivity index (χ1n) is 8.05. The van der Waals surface area contributed by atoms with Crippen LogP contribution in [0.2, 0.25) is 0 Å². The van der Waals surface area contributed by atoms with Crippen molar-refractivity contribution in [2.45, 2.75) is 10.9 Å². The second-order valence-electron chi connectivity index (χ2n) is 5.83. The van der Waals surface area contributed by atoms with Crippen LogP contribution in [0.25, 0.3) is 21.3 Å². The van der Waals surface area contributed by atoms with Crippen LogP contribution in [0.3, 0.4) is 0 Å². The molecule has 4 rings (SSSR count). The monoisotopic (exact) mass is 382 g/mol. The predicted octanol–water partition coefficient (Wildman–Crippen LogP) is 5.09. The van der Waals surface area contributed by atoms with E-state index < -0.39 is 0 Å². The molecule has 0 aliphatic heterocycles. The van der Waals surface area contributed by atoms with Gasteiger partial charge in [0, 0.05) is 23.7 Å². The van der Waals surface area contributed by atoms with Gasteiger partial charge in [-0.2, -0.15) is 0 Å². The lowest BCUT2D eigenvalue weighted by Gasteiger charge is -2.08. The van der Waals surface area contributed by atoms with Gasteiger partial charge >= 0.3 is 0 Å². The van der Waals surface area contributed by atoms with Gasteiger partial charge in [-0.15, -0.1) is 11.3 Å². The largest absolute Gasteiger partial charge is 0.290 e. The van der Waals surface area contributed by atoms with E-state index in [9.17, 15) is 9.18 Å². The minimum absolute atomic E-state index is 0.0777. The fourth-order valence-electron chi connectivity index (χ4n) is 2.77.